The largest absolute Gasteiger partial charge is 0.488 e. The maximum Gasteiger partial charge on any atom is 0.374 e. The molecule has 1 heterocycles. The minimum Gasteiger partial charge on any atom is -0.488 e. The summed E-state index contributed by atoms with van der Waals surface area (Å²) in [7, 11) is 0. The fraction of sp³-hybridized carbons (Fsp3) is 0.500. The van der Waals surface area contributed by atoms with E-state index < -0.39 is 18.3 Å². The van der Waals surface area contributed by atoms with E-state index in [0.29, 0.717) is 11.3 Å². The molecule has 19 heavy (non-hydrogen) atoms. The molecule has 3 nitrogen and oxygen atoms in total. The van der Waals surface area contributed by atoms with Gasteiger partial charge in [0.25, 0.3) is 0 Å². The van der Waals surface area contributed by atoms with Crippen LogP contribution in [0.3, 0.4) is 0 Å². The molecule has 0 fully saturated rings. The van der Waals surface area contributed by atoms with Crippen LogP contribution in [0.25, 0.3) is 0 Å². The second-order valence-corrected chi connectivity index (χ2v) is 5.49. The minimum atomic E-state index is -3.73. The van der Waals surface area contributed by atoms with E-state index in [1.54, 1.807) is 12.1 Å². The third kappa shape index (κ3) is 3.03. The topological polar surface area (TPSA) is 46.5 Å². The number of aliphatic carboxylic acids is 1. The van der Waals surface area contributed by atoms with Gasteiger partial charge in [0.2, 0.25) is 0 Å². The summed E-state index contributed by atoms with van der Waals surface area (Å²) >= 11 is 0. The number of carbonyl (C=O) groups is 1. The lowest BCUT2D eigenvalue weighted by Gasteiger charge is -2.32. The summed E-state index contributed by atoms with van der Waals surface area (Å²) in [6.07, 6.45) is 0.757. The van der Waals surface area contributed by atoms with Crippen molar-refractivity contribution in [1.29, 1.82) is 0 Å². The van der Waals surface area contributed by atoms with Crippen molar-refractivity contribution >= 4 is 5.97 Å². The van der Waals surface area contributed by atoms with Crippen LogP contribution in [0.15, 0.2) is 18.2 Å². The van der Waals surface area contributed by atoms with Gasteiger partial charge in [-0.15, -0.1) is 0 Å². The summed E-state index contributed by atoms with van der Waals surface area (Å²) in [4.78, 5) is 10.4. The third-order valence-electron chi connectivity index (χ3n) is 3.25. The van der Waals surface area contributed by atoms with Gasteiger partial charge in [-0.05, 0) is 43.9 Å². The number of benzene rings is 1. The molecule has 0 aliphatic carbocycles. The summed E-state index contributed by atoms with van der Waals surface area (Å²) < 4.78 is 32.1. The first-order valence-corrected chi connectivity index (χ1v) is 6.12. The van der Waals surface area contributed by atoms with Gasteiger partial charge in [0.1, 0.15) is 11.4 Å². The zero-order valence-electron chi connectivity index (χ0n) is 10.9. The fourth-order valence-electron chi connectivity index (χ4n) is 2.15. The molecule has 1 aromatic rings. The monoisotopic (exact) mass is 270 g/mol. The molecule has 0 atom stereocenters. The van der Waals surface area contributed by atoms with E-state index in [9.17, 15) is 13.6 Å². The van der Waals surface area contributed by atoms with Crippen LogP contribution in [0.5, 0.6) is 5.75 Å². The molecule has 0 saturated heterocycles. The van der Waals surface area contributed by atoms with Crippen LogP contribution in [0.2, 0.25) is 0 Å². The van der Waals surface area contributed by atoms with E-state index in [1.807, 2.05) is 13.8 Å². The standard InChI is InChI=1S/C14H16F2O3/c1-13(2)6-5-10-7-9(3-4-11(10)19-13)8-14(15,16)12(17)18/h3-4,7H,5-6,8H2,1-2H3,(H,17,18). The summed E-state index contributed by atoms with van der Waals surface area (Å²) in [5, 5.41) is 8.43. The van der Waals surface area contributed by atoms with Crippen LogP contribution in [-0.4, -0.2) is 22.6 Å². The van der Waals surface area contributed by atoms with Gasteiger partial charge in [0.05, 0.1) is 0 Å². The molecule has 0 bridgehead atoms. The molecule has 0 radical (unpaired) electrons. The Balaban J connectivity index is 2.21. The lowest BCUT2D eigenvalue weighted by molar-refractivity contribution is -0.164. The van der Waals surface area contributed by atoms with Crippen molar-refractivity contribution in [3.63, 3.8) is 0 Å². The lowest BCUT2D eigenvalue weighted by atomic mass is 9.92. The Morgan fingerprint density at radius 1 is 1.47 bits per heavy atom. The van der Waals surface area contributed by atoms with Gasteiger partial charge >= 0.3 is 11.9 Å². The molecule has 0 saturated carbocycles. The average Bonchev–Trinajstić information content (AvgIpc) is 2.28. The van der Waals surface area contributed by atoms with Crippen LogP contribution < -0.4 is 4.74 Å². The number of carboxylic acid groups (broad SMARTS) is 1. The van der Waals surface area contributed by atoms with Crippen LogP contribution in [0.1, 0.15) is 31.4 Å². The van der Waals surface area contributed by atoms with Crippen LogP contribution >= 0.6 is 0 Å². The van der Waals surface area contributed by atoms with Crippen molar-refractivity contribution < 1.29 is 23.4 Å². The highest BCUT2D eigenvalue weighted by atomic mass is 19.3. The zero-order chi connectivity index (χ0) is 14.3. The summed E-state index contributed by atoms with van der Waals surface area (Å²) in [5.41, 5.74) is 0.923. The number of rotatable bonds is 3. The smallest absolute Gasteiger partial charge is 0.374 e. The van der Waals surface area contributed by atoms with Gasteiger partial charge in [-0.25, -0.2) is 4.79 Å². The number of aryl methyl sites for hydroxylation is 1. The van der Waals surface area contributed by atoms with Gasteiger partial charge in [0, 0.05) is 6.42 Å². The Labute approximate surface area is 110 Å². The van der Waals surface area contributed by atoms with Gasteiger partial charge in [-0.2, -0.15) is 8.78 Å². The van der Waals surface area contributed by atoms with Crippen molar-refractivity contribution in [3.05, 3.63) is 29.3 Å². The molecule has 0 amide bonds. The zero-order valence-corrected chi connectivity index (χ0v) is 10.9. The first-order valence-electron chi connectivity index (χ1n) is 6.12. The molecule has 5 heteroatoms. The predicted octanol–water partition coefficient (Wildman–Crippen LogP) is 3.05. The van der Waals surface area contributed by atoms with E-state index in [0.717, 1.165) is 18.4 Å². The maximum atomic E-state index is 13.2. The molecular weight excluding hydrogens is 254 g/mol. The molecule has 2 rings (SSSR count). The molecule has 0 aromatic heterocycles. The highest BCUT2D eigenvalue weighted by Gasteiger charge is 2.39. The number of hydrogen-bond donors (Lipinski definition) is 1. The van der Waals surface area contributed by atoms with Gasteiger partial charge < -0.3 is 9.84 Å². The predicted molar refractivity (Wildman–Crippen MR) is 65.8 cm³/mol. The van der Waals surface area contributed by atoms with Crippen LogP contribution in [0, 0.1) is 0 Å². The normalized spacial score (nSPS) is 17.5. The van der Waals surface area contributed by atoms with Crippen molar-refractivity contribution in [1.82, 2.24) is 0 Å². The average molecular weight is 270 g/mol. The van der Waals surface area contributed by atoms with Crippen molar-refractivity contribution in [2.24, 2.45) is 0 Å². The minimum absolute atomic E-state index is 0.250. The molecular formula is C14H16F2O3. The molecule has 1 aliphatic heterocycles. The SMILES string of the molecule is CC1(C)CCc2cc(CC(F)(F)C(=O)O)ccc2O1. The lowest BCUT2D eigenvalue weighted by Crippen LogP contribution is -2.33. The van der Waals surface area contributed by atoms with E-state index in [4.69, 9.17) is 9.84 Å². The molecule has 104 valence electrons. The molecule has 1 aliphatic rings. The molecule has 1 N–H and O–H groups in total. The van der Waals surface area contributed by atoms with Crippen molar-refractivity contribution in [2.75, 3.05) is 0 Å². The van der Waals surface area contributed by atoms with E-state index in [2.05, 4.69) is 0 Å². The second kappa shape index (κ2) is 4.47. The van der Waals surface area contributed by atoms with Gasteiger partial charge in [-0.1, -0.05) is 12.1 Å². The number of halogens is 2. The molecule has 1 aromatic carbocycles. The summed E-state index contributed by atoms with van der Waals surface area (Å²) in [5.74, 6) is -5.13. The van der Waals surface area contributed by atoms with Gasteiger partial charge in [-0.3, -0.25) is 0 Å². The molecule has 0 unspecified atom stereocenters. The van der Waals surface area contributed by atoms with Crippen LogP contribution in [-0.2, 0) is 17.6 Å². The second-order valence-electron chi connectivity index (χ2n) is 5.49. The Kier molecular flexibility index (Phi) is 3.24. The number of carboxylic acids is 1. The number of fused-ring (bicyclic) bond motifs is 1. The number of ether oxygens (including phenoxy) is 1. The van der Waals surface area contributed by atoms with E-state index >= 15 is 0 Å². The van der Waals surface area contributed by atoms with Crippen molar-refractivity contribution in [3.8, 4) is 5.75 Å². The fourth-order valence-corrected chi connectivity index (χ4v) is 2.15. The maximum absolute atomic E-state index is 13.2. The van der Waals surface area contributed by atoms with E-state index in [-0.39, 0.29) is 5.60 Å². The Hall–Kier alpha value is -1.65. The van der Waals surface area contributed by atoms with Crippen molar-refractivity contribution in [2.45, 2.75) is 44.6 Å². The Morgan fingerprint density at radius 3 is 2.79 bits per heavy atom. The number of alkyl halides is 2. The molecule has 0 spiro atoms. The summed E-state index contributed by atoms with van der Waals surface area (Å²) in [6.45, 7) is 3.95. The first-order chi connectivity index (χ1) is 8.70. The van der Waals surface area contributed by atoms with E-state index in [1.165, 1.54) is 6.07 Å². The van der Waals surface area contributed by atoms with Crippen LogP contribution in [0.4, 0.5) is 8.78 Å². The Bertz CT molecular complexity index is 509. The first kappa shape index (κ1) is 13.8. The quantitative estimate of drug-likeness (QED) is 0.918. The number of hydrogen-bond acceptors (Lipinski definition) is 2. The summed E-state index contributed by atoms with van der Waals surface area (Å²) in [6, 6.07) is 4.75. The highest BCUT2D eigenvalue weighted by molar-refractivity contribution is 5.75. The Morgan fingerprint density at radius 2 is 2.16 bits per heavy atom. The third-order valence-corrected chi connectivity index (χ3v) is 3.25. The highest BCUT2D eigenvalue weighted by Crippen LogP contribution is 2.34. The van der Waals surface area contributed by atoms with Gasteiger partial charge in [0.15, 0.2) is 0 Å².